The highest BCUT2D eigenvalue weighted by Gasteiger charge is 2.09. The monoisotopic (exact) mass is 257 g/mol. The fraction of sp³-hybridized carbons (Fsp3) is 0.133. The maximum absolute atomic E-state index is 10.7. The van der Waals surface area contributed by atoms with Crippen LogP contribution in [0.1, 0.15) is 6.92 Å². The van der Waals surface area contributed by atoms with Crippen molar-refractivity contribution >= 4 is 11.7 Å². The second-order valence-electron chi connectivity index (χ2n) is 4.14. The van der Waals surface area contributed by atoms with Crippen LogP contribution in [-0.4, -0.2) is 17.1 Å². The molecular weight excluding hydrogens is 242 g/mol. The quantitative estimate of drug-likeness (QED) is 0.862. The van der Waals surface area contributed by atoms with Crippen molar-refractivity contribution in [1.82, 2.24) is 0 Å². The number of anilines is 1. The minimum Gasteiger partial charge on any atom is -0.480 e. The molecule has 0 spiro atoms. The second kappa shape index (κ2) is 5.91. The number of benzene rings is 2. The third kappa shape index (κ3) is 3.74. The summed E-state index contributed by atoms with van der Waals surface area (Å²) in [6, 6.07) is 16.0. The Balaban J connectivity index is 2.01. The van der Waals surface area contributed by atoms with Crippen molar-refractivity contribution < 1.29 is 14.6 Å². The topological polar surface area (TPSA) is 58.6 Å². The zero-order valence-electron chi connectivity index (χ0n) is 10.5. The highest BCUT2D eigenvalue weighted by molar-refractivity contribution is 5.76. The number of rotatable bonds is 5. The fourth-order valence-electron chi connectivity index (χ4n) is 1.56. The Hall–Kier alpha value is -2.49. The van der Waals surface area contributed by atoms with Gasteiger partial charge in [0.1, 0.15) is 17.5 Å². The maximum Gasteiger partial charge on any atom is 0.325 e. The van der Waals surface area contributed by atoms with Gasteiger partial charge in [-0.2, -0.15) is 0 Å². The minimum atomic E-state index is -0.885. The molecule has 0 amide bonds. The summed E-state index contributed by atoms with van der Waals surface area (Å²) in [4.78, 5) is 10.7. The predicted octanol–water partition coefficient (Wildman–Crippen LogP) is 3.36. The van der Waals surface area contributed by atoms with E-state index in [9.17, 15) is 4.79 Å². The number of carboxylic acids is 1. The molecule has 0 saturated carbocycles. The van der Waals surface area contributed by atoms with Crippen LogP contribution in [0.25, 0.3) is 0 Å². The van der Waals surface area contributed by atoms with Crippen molar-refractivity contribution in [3.63, 3.8) is 0 Å². The van der Waals surface area contributed by atoms with Crippen LogP contribution in [0, 0.1) is 0 Å². The first-order valence-corrected chi connectivity index (χ1v) is 5.97. The number of nitrogens with one attached hydrogen (secondary N) is 1. The summed E-state index contributed by atoms with van der Waals surface area (Å²) >= 11 is 0. The predicted molar refractivity (Wildman–Crippen MR) is 73.7 cm³/mol. The standard InChI is InChI=1S/C15H15NO3/c1-11(15(17)18)16-12-7-9-14(10-8-12)19-13-5-3-2-4-6-13/h2-11,16H,1H3,(H,17,18)/t11-/m0/s1. The Morgan fingerprint density at radius 1 is 1.05 bits per heavy atom. The molecule has 98 valence electrons. The lowest BCUT2D eigenvalue weighted by atomic mass is 10.2. The van der Waals surface area contributed by atoms with Crippen LogP contribution < -0.4 is 10.1 Å². The maximum atomic E-state index is 10.7. The molecule has 2 rings (SSSR count). The van der Waals surface area contributed by atoms with E-state index in [4.69, 9.17) is 9.84 Å². The molecule has 0 fully saturated rings. The van der Waals surface area contributed by atoms with Crippen LogP contribution in [0.3, 0.4) is 0 Å². The molecule has 0 heterocycles. The smallest absolute Gasteiger partial charge is 0.325 e. The normalized spacial score (nSPS) is 11.6. The third-order valence-electron chi connectivity index (χ3n) is 2.59. The molecule has 0 aliphatic carbocycles. The number of aliphatic carboxylic acids is 1. The van der Waals surface area contributed by atoms with Gasteiger partial charge in [-0.25, -0.2) is 0 Å². The van der Waals surface area contributed by atoms with Crippen LogP contribution in [0.4, 0.5) is 5.69 Å². The zero-order chi connectivity index (χ0) is 13.7. The van der Waals surface area contributed by atoms with E-state index in [1.165, 1.54) is 0 Å². The molecule has 19 heavy (non-hydrogen) atoms. The van der Waals surface area contributed by atoms with E-state index >= 15 is 0 Å². The summed E-state index contributed by atoms with van der Waals surface area (Å²) in [6.07, 6.45) is 0. The van der Waals surface area contributed by atoms with Gasteiger partial charge in [0, 0.05) is 5.69 Å². The van der Waals surface area contributed by atoms with E-state index in [1.54, 1.807) is 31.2 Å². The molecule has 0 aliphatic rings. The summed E-state index contributed by atoms with van der Waals surface area (Å²) in [5.74, 6) is 0.589. The molecule has 0 unspecified atom stereocenters. The number of ether oxygens (including phenoxy) is 1. The summed E-state index contributed by atoms with van der Waals surface area (Å²) in [7, 11) is 0. The summed E-state index contributed by atoms with van der Waals surface area (Å²) in [6.45, 7) is 1.59. The Morgan fingerprint density at radius 3 is 2.21 bits per heavy atom. The molecule has 1 atom stereocenters. The zero-order valence-corrected chi connectivity index (χ0v) is 10.5. The van der Waals surface area contributed by atoms with E-state index < -0.39 is 12.0 Å². The molecule has 0 radical (unpaired) electrons. The van der Waals surface area contributed by atoms with Gasteiger partial charge in [-0.15, -0.1) is 0 Å². The van der Waals surface area contributed by atoms with Crippen molar-refractivity contribution in [3.8, 4) is 11.5 Å². The van der Waals surface area contributed by atoms with Gasteiger partial charge >= 0.3 is 5.97 Å². The average molecular weight is 257 g/mol. The SMILES string of the molecule is C[C@H](Nc1ccc(Oc2ccccc2)cc1)C(=O)O. The van der Waals surface area contributed by atoms with Crippen molar-refractivity contribution in [3.05, 3.63) is 54.6 Å². The first-order chi connectivity index (χ1) is 9.15. The van der Waals surface area contributed by atoms with Gasteiger partial charge in [-0.05, 0) is 43.3 Å². The molecule has 2 N–H and O–H groups in total. The summed E-state index contributed by atoms with van der Waals surface area (Å²) in [5.41, 5.74) is 0.746. The van der Waals surface area contributed by atoms with Crippen LogP contribution in [0.5, 0.6) is 11.5 Å². The lowest BCUT2D eigenvalue weighted by Gasteiger charge is -2.11. The van der Waals surface area contributed by atoms with E-state index in [0.29, 0.717) is 5.75 Å². The van der Waals surface area contributed by atoms with E-state index in [-0.39, 0.29) is 0 Å². The number of carboxylic acid groups (broad SMARTS) is 1. The van der Waals surface area contributed by atoms with E-state index in [0.717, 1.165) is 11.4 Å². The van der Waals surface area contributed by atoms with Crippen molar-refractivity contribution in [2.24, 2.45) is 0 Å². The summed E-state index contributed by atoms with van der Waals surface area (Å²) in [5, 5.41) is 11.7. The molecule has 4 nitrogen and oxygen atoms in total. The van der Waals surface area contributed by atoms with E-state index in [1.807, 2.05) is 30.3 Å². The lowest BCUT2D eigenvalue weighted by Crippen LogP contribution is -2.25. The Labute approximate surface area is 111 Å². The molecule has 0 aliphatic heterocycles. The van der Waals surface area contributed by atoms with Crippen LogP contribution in [0.2, 0.25) is 0 Å². The van der Waals surface area contributed by atoms with Gasteiger partial charge in [0.05, 0.1) is 0 Å². The molecule has 0 bridgehead atoms. The number of carbonyl (C=O) groups is 1. The molecular formula is C15H15NO3. The van der Waals surface area contributed by atoms with Gasteiger partial charge in [0.2, 0.25) is 0 Å². The first kappa shape index (κ1) is 13.0. The van der Waals surface area contributed by atoms with Crippen molar-refractivity contribution in [2.45, 2.75) is 13.0 Å². The van der Waals surface area contributed by atoms with Gasteiger partial charge < -0.3 is 15.2 Å². The summed E-state index contributed by atoms with van der Waals surface area (Å²) < 4.78 is 5.64. The van der Waals surface area contributed by atoms with Gasteiger partial charge in [0.15, 0.2) is 0 Å². The largest absolute Gasteiger partial charge is 0.480 e. The van der Waals surface area contributed by atoms with Gasteiger partial charge in [-0.3, -0.25) is 4.79 Å². The fourth-order valence-corrected chi connectivity index (χ4v) is 1.56. The Morgan fingerprint density at radius 2 is 1.63 bits per heavy atom. The molecule has 0 saturated heterocycles. The highest BCUT2D eigenvalue weighted by Crippen LogP contribution is 2.22. The second-order valence-corrected chi connectivity index (χ2v) is 4.14. The Kier molecular flexibility index (Phi) is 4.03. The van der Waals surface area contributed by atoms with Crippen molar-refractivity contribution in [1.29, 1.82) is 0 Å². The molecule has 2 aromatic rings. The minimum absolute atomic E-state index is 0.624. The van der Waals surface area contributed by atoms with Crippen LogP contribution in [0.15, 0.2) is 54.6 Å². The Bertz CT molecular complexity index is 537. The molecule has 4 heteroatoms. The molecule has 0 aromatic heterocycles. The van der Waals surface area contributed by atoms with Gasteiger partial charge in [-0.1, -0.05) is 18.2 Å². The number of hydrogen-bond acceptors (Lipinski definition) is 3. The highest BCUT2D eigenvalue weighted by atomic mass is 16.5. The van der Waals surface area contributed by atoms with Crippen LogP contribution >= 0.6 is 0 Å². The first-order valence-electron chi connectivity index (χ1n) is 5.97. The third-order valence-corrected chi connectivity index (χ3v) is 2.59. The lowest BCUT2D eigenvalue weighted by molar-refractivity contribution is -0.137. The van der Waals surface area contributed by atoms with Gasteiger partial charge in [0.25, 0.3) is 0 Å². The number of hydrogen-bond donors (Lipinski definition) is 2. The van der Waals surface area contributed by atoms with Crippen molar-refractivity contribution in [2.75, 3.05) is 5.32 Å². The average Bonchev–Trinajstić information content (AvgIpc) is 2.42. The van der Waals surface area contributed by atoms with Crippen LogP contribution in [-0.2, 0) is 4.79 Å². The molecule has 2 aromatic carbocycles. The van der Waals surface area contributed by atoms with E-state index in [2.05, 4.69) is 5.32 Å². The number of para-hydroxylation sites is 1.